The van der Waals surface area contributed by atoms with E-state index in [2.05, 4.69) is 57.7 Å². The van der Waals surface area contributed by atoms with Gasteiger partial charge in [-0.25, -0.2) is 0 Å². The summed E-state index contributed by atoms with van der Waals surface area (Å²) in [5, 5.41) is 4.46. The summed E-state index contributed by atoms with van der Waals surface area (Å²) in [7, 11) is 0. The molecule has 0 aliphatic heterocycles. The number of aromatic nitrogens is 2. The van der Waals surface area contributed by atoms with Crippen molar-refractivity contribution in [1.29, 1.82) is 0 Å². The fraction of sp³-hybridized carbons (Fsp3) is 0.812. The molecule has 2 N–H and O–H groups in total. The van der Waals surface area contributed by atoms with Crippen molar-refractivity contribution in [2.75, 3.05) is 19.6 Å². The second kappa shape index (κ2) is 7.79. The summed E-state index contributed by atoms with van der Waals surface area (Å²) in [6, 6.07) is 0.665. The van der Waals surface area contributed by atoms with E-state index in [1.165, 1.54) is 5.56 Å². The maximum atomic E-state index is 6.06. The van der Waals surface area contributed by atoms with Gasteiger partial charge in [-0.3, -0.25) is 9.58 Å². The highest BCUT2D eigenvalue weighted by Crippen LogP contribution is 2.22. The molecule has 20 heavy (non-hydrogen) atoms. The van der Waals surface area contributed by atoms with Crippen molar-refractivity contribution >= 4 is 0 Å². The van der Waals surface area contributed by atoms with Gasteiger partial charge in [-0.1, -0.05) is 27.7 Å². The van der Waals surface area contributed by atoms with E-state index in [-0.39, 0.29) is 6.04 Å². The first-order valence-electron chi connectivity index (χ1n) is 7.83. The van der Waals surface area contributed by atoms with Gasteiger partial charge in [0.2, 0.25) is 0 Å². The average molecular weight is 280 g/mol. The summed E-state index contributed by atoms with van der Waals surface area (Å²) in [4.78, 5) is 2.51. The van der Waals surface area contributed by atoms with Crippen LogP contribution in [-0.4, -0.2) is 34.3 Å². The highest BCUT2D eigenvalue weighted by atomic mass is 15.3. The van der Waals surface area contributed by atoms with Crippen LogP contribution in [0.25, 0.3) is 0 Å². The van der Waals surface area contributed by atoms with Crippen molar-refractivity contribution in [2.24, 2.45) is 17.6 Å². The van der Waals surface area contributed by atoms with Crippen LogP contribution in [0, 0.1) is 11.8 Å². The lowest BCUT2D eigenvalue weighted by molar-refractivity contribution is 0.160. The van der Waals surface area contributed by atoms with E-state index in [9.17, 15) is 0 Å². The van der Waals surface area contributed by atoms with E-state index in [1.54, 1.807) is 0 Å². The van der Waals surface area contributed by atoms with Gasteiger partial charge in [0, 0.05) is 37.4 Å². The van der Waals surface area contributed by atoms with Crippen LogP contribution in [0.3, 0.4) is 0 Å². The summed E-state index contributed by atoms with van der Waals surface area (Å²) in [5.74, 6) is 1.28. The first-order valence-corrected chi connectivity index (χ1v) is 7.83. The Morgan fingerprint density at radius 1 is 1.10 bits per heavy atom. The maximum absolute atomic E-state index is 6.06. The van der Waals surface area contributed by atoms with Gasteiger partial charge in [0.15, 0.2) is 0 Å². The number of nitrogens with two attached hydrogens (primary N) is 1. The molecule has 0 bridgehead atoms. The SMILES string of the molecule is CC(C)CN(CC(C)C)C(CN)c1cnn(C(C)C)c1. The van der Waals surface area contributed by atoms with Crippen LogP contribution in [0.4, 0.5) is 0 Å². The van der Waals surface area contributed by atoms with Crippen LogP contribution in [0.2, 0.25) is 0 Å². The molecule has 1 rings (SSSR count). The molecule has 4 nitrogen and oxygen atoms in total. The van der Waals surface area contributed by atoms with Gasteiger partial charge < -0.3 is 5.73 Å². The lowest BCUT2D eigenvalue weighted by atomic mass is 10.0. The molecule has 0 aromatic carbocycles. The predicted octanol–water partition coefficient (Wildman–Crippen LogP) is 3.08. The van der Waals surface area contributed by atoms with E-state index in [0.717, 1.165) is 13.1 Å². The number of rotatable bonds is 8. The first kappa shape index (κ1) is 17.2. The Bertz CT molecular complexity index is 372. The molecule has 1 aromatic rings. The highest BCUT2D eigenvalue weighted by molar-refractivity contribution is 5.12. The van der Waals surface area contributed by atoms with Gasteiger partial charge in [0.05, 0.1) is 12.2 Å². The van der Waals surface area contributed by atoms with Crippen molar-refractivity contribution in [3.8, 4) is 0 Å². The van der Waals surface area contributed by atoms with Crippen molar-refractivity contribution in [3.63, 3.8) is 0 Å². The van der Waals surface area contributed by atoms with E-state index in [0.29, 0.717) is 24.4 Å². The Morgan fingerprint density at radius 3 is 2.00 bits per heavy atom. The largest absolute Gasteiger partial charge is 0.329 e. The zero-order valence-electron chi connectivity index (χ0n) is 14.0. The Kier molecular flexibility index (Phi) is 6.69. The predicted molar refractivity (Wildman–Crippen MR) is 85.7 cm³/mol. The summed E-state index contributed by atoms with van der Waals surface area (Å²) < 4.78 is 2.01. The fourth-order valence-electron chi connectivity index (χ4n) is 2.57. The molecular weight excluding hydrogens is 248 g/mol. The minimum Gasteiger partial charge on any atom is -0.329 e. The molecule has 1 aromatic heterocycles. The van der Waals surface area contributed by atoms with Crippen LogP contribution in [0.1, 0.15) is 59.2 Å². The van der Waals surface area contributed by atoms with E-state index >= 15 is 0 Å². The van der Waals surface area contributed by atoms with Crippen molar-refractivity contribution in [2.45, 2.75) is 53.6 Å². The van der Waals surface area contributed by atoms with Gasteiger partial charge in [0.25, 0.3) is 0 Å². The molecule has 0 aliphatic rings. The average Bonchev–Trinajstić information content (AvgIpc) is 2.77. The van der Waals surface area contributed by atoms with Gasteiger partial charge in [0.1, 0.15) is 0 Å². The van der Waals surface area contributed by atoms with Crippen LogP contribution in [0.15, 0.2) is 12.4 Å². The molecule has 4 heteroatoms. The lowest BCUT2D eigenvalue weighted by Gasteiger charge is -2.33. The van der Waals surface area contributed by atoms with Crippen LogP contribution in [-0.2, 0) is 0 Å². The Hall–Kier alpha value is -0.870. The topological polar surface area (TPSA) is 47.1 Å². The quantitative estimate of drug-likeness (QED) is 0.796. The second-order valence-corrected chi connectivity index (χ2v) is 6.84. The molecule has 0 fully saturated rings. The van der Waals surface area contributed by atoms with Gasteiger partial charge in [-0.15, -0.1) is 0 Å². The van der Waals surface area contributed by atoms with E-state index in [4.69, 9.17) is 5.73 Å². The summed E-state index contributed by atoms with van der Waals surface area (Å²) in [5.41, 5.74) is 7.30. The number of hydrogen-bond donors (Lipinski definition) is 1. The summed E-state index contributed by atoms with van der Waals surface area (Å²) in [6.07, 6.45) is 4.13. The molecule has 1 heterocycles. The van der Waals surface area contributed by atoms with Crippen LogP contribution in [0.5, 0.6) is 0 Å². The van der Waals surface area contributed by atoms with Crippen molar-refractivity contribution in [3.05, 3.63) is 18.0 Å². The molecule has 0 saturated carbocycles. The Morgan fingerprint density at radius 2 is 1.65 bits per heavy atom. The molecule has 0 amide bonds. The van der Waals surface area contributed by atoms with Crippen LogP contribution < -0.4 is 5.73 Å². The smallest absolute Gasteiger partial charge is 0.0538 e. The molecule has 0 radical (unpaired) electrons. The Labute approximate surface area is 124 Å². The third kappa shape index (κ3) is 4.91. The molecule has 116 valence electrons. The van der Waals surface area contributed by atoms with Gasteiger partial charge >= 0.3 is 0 Å². The fourth-order valence-corrected chi connectivity index (χ4v) is 2.57. The third-order valence-electron chi connectivity index (χ3n) is 3.40. The maximum Gasteiger partial charge on any atom is 0.0538 e. The number of hydrogen-bond acceptors (Lipinski definition) is 3. The first-order chi connectivity index (χ1) is 9.35. The zero-order chi connectivity index (χ0) is 15.3. The van der Waals surface area contributed by atoms with Crippen LogP contribution >= 0.6 is 0 Å². The Balaban J connectivity index is 2.92. The van der Waals surface area contributed by atoms with Crippen molar-refractivity contribution in [1.82, 2.24) is 14.7 Å². The van der Waals surface area contributed by atoms with Gasteiger partial charge in [-0.2, -0.15) is 5.10 Å². The molecule has 0 spiro atoms. The minimum atomic E-state index is 0.271. The lowest BCUT2D eigenvalue weighted by Crippen LogP contribution is -2.38. The van der Waals surface area contributed by atoms with E-state index in [1.807, 2.05) is 10.9 Å². The second-order valence-electron chi connectivity index (χ2n) is 6.84. The highest BCUT2D eigenvalue weighted by Gasteiger charge is 2.22. The van der Waals surface area contributed by atoms with E-state index < -0.39 is 0 Å². The standard InChI is InChI=1S/C16H32N4/c1-12(2)9-19(10-13(3)4)16(7-17)15-8-18-20(11-15)14(5)6/h8,11-14,16H,7,9-10,17H2,1-6H3. The van der Waals surface area contributed by atoms with Gasteiger partial charge in [-0.05, 0) is 25.7 Å². The third-order valence-corrected chi connectivity index (χ3v) is 3.40. The molecule has 0 saturated heterocycles. The molecule has 1 atom stereocenters. The number of nitrogens with zero attached hydrogens (tertiary/aromatic N) is 3. The van der Waals surface area contributed by atoms with Crippen molar-refractivity contribution < 1.29 is 0 Å². The minimum absolute atomic E-state index is 0.271. The normalized spacial score (nSPS) is 13.9. The zero-order valence-corrected chi connectivity index (χ0v) is 14.0. The summed E-state index contributed by atoms with van der Waals surface area (Å²) in [6.45, 7) is 16.1. The molecule has 0 aliphatic carbocycles. The molecule has 1 unspecified atom stereocenters. The monoisotopic (exact) mass is 280 g/mol. The summed E-state index contributed by atoms with van der Waals surface area (Å²) >= 11 is 0. The molecular formula is C16H32N4.